The summed E-state index contributed by atoms with van der Waals surface area (Å²) < 4.78 is 20.0. The van der Waals surface area contributed by atoms with Gasteiger partial charge in [-0.2, -0.15) is 10.4 Å². The number of hydrogen-bond acceptors (Lipinski definition) is 7. The van der Waals surface area contributed by atoms with Crippen LogP contribution in [0, 0.1) is 17.2 Å². The molecular formula is C24H26FN7O3. The molecule has 4 rings (SSSR count). The van der Waals surface area contributed by atoms with Crippen LogP contribution in [0.25, 0.3) is 11.1 Å². The lowest BCUT2D eigenvalue weighted by atomic mass is 9.96. The number of aliphatic imine (C=N–C) groups is 1. The predicted molar refractivity (Wildman–Crippen MR) is 127 cm³/mol. The molecule has 35 heavy (non-hydrogen) atoms. The minimum Gasteiger partial charge on any atom is -0.494 e. The molecule has 2 amide bonds. The first-order valence-corrected chi connectivity index (χ1v) is 11.2. The summed E-state index contributed by atoms with van der Waals surface area (Å²) in [5.74, 6) is -1.56. The average Bonchev–Trinajstić information content (AvgIpc) is 3.26. The molecule has 2 aliphatic rings. The number of ether oxygens (including phenoxy) is 1. The van der Waals surface area contributed by atoms with E-state index in [4.69, 9.17) is 10.5 Å². The molecule has 10 nitrogen and oxygen atoms in total. The van der Waals surface area contributed by atoms with Gasteiger partial charge in [0.1, 0.15) is 22.9 Å². The van der Waals surface area contributed by atoms with Crippen LogP contribution >= 0.6 is 0 Å². The molecule has 2 aliphatic heterocycles. The number of nitrogens with two attached hydrogens (primary N) is 1. The normalized spacial score (nSPS) is 17.5. The molecule has 0 saturated carbocycles. The number of likely N-dealkylation sites (tertiary alicyclic amines) is 2. The van der Waals surface area contributed by atoms with E-state index < -0.39 is 11.7 Å². The highest BCUT2D eigenvalue weighted by atomic mass is 19.1. The highest BCUT2D eigenvalue weighted by molar-refractivity contribution is 6.10. The Labute approximate surface area is 201 Å². The van der Waals surface area contributed by atoms with E-state index in [-0.39, 0.29) is 31.0 Å². The minimum absolute atomic E-state index is 0.0140. The van der Waals surface area contributed by atoms with Crippen molar-refractivity contribution < 1.29 is 18.7 Å². The van der Waals surface area contributed by atoms with Gasteiger partial charge in [-0.25, -0.2) is 8.91 Å². The van der Waals surface area contributed by atoms with Crippen molar-refractivity contribution >= 4 is 29.1 Å². The standard InChI is InChI=1S/C24H26FN7O3/c1-15(25)23(33)31-12-19(13-31)24(34)30-5-3-20(4-6-30)28-10-17(8-26)16-7-21(35-2)22-18(9-27)11-29-32(22)14-16/h7-8,10-11,14,19-20H,1,3-6,12-13,26H2,2H3/b17-8+,28-10?. The molecule has 0 aliphatic carbocycles. The first-order valence-electron chi connectivity index (χ1n) is 11.2. The van der Waals surface area contributed by atoms with Gasteiger partial charge in [-0.15, -0.1) is 0 Å². The third-order valence-corrected chi connectivity index (χ3v) is 6.38. The van der Waals surface area contributed by atoms with Crippen molar-refractivity contribution in [2.24, 2.45) is 16.6 Å². The smallest absolute Gasteiger partial charge is 0.282 e. The third-order valence-electron chi connectivity index (χ3n) is 6.38. The second kappa shape index (κ2) is 9.97. The van der Waals surface area contributed by atoms with Gasteiger partial charge in [-0.05, 0) is 18.9 Å². The van der Waals surface area contributed by atoms with Crippen LogP contribution < -0.4 is 10.5 Å². The van der Waals surface area contributed by atoms with Crippen molar-refractivity contribution in [3.8, 4) is 11.8 Å². The third kappa shape index (κ3) is 4.73. The molecule has 0 spiro atoms. The van der Waals surface area contributed by atoms with Gasteiger partial charge in [0.05, 0.1) is 25.3 Å². The van der Waals surface area contributed by atoms with Crippen LogP contribution in [0.4, 0.5) is 4.39 Å². The van der Waals surface area contributed by atoms with E-state index in [2.05, 4.69) is 22.7 Å². The summed E-state index contributed by atoms with van der Waals surface area (Å²) in [6.45, 7) is 4.58. The van der Waals surface area contributed by atoms with E-state index in [1.54, 1.807) is 27.9 Å². The van der Waals surface area contributed by atoms with Gasteiger partial charge in [0, 0.05) is 55.9 Å². The van der Waals surface area contributed by atoms with E-state index in [1.165, 1.54) is 24.4 Å². The van der Waals surface area contributed by atoms with E-state index in [9.17, 15) is 19.2 Å². The Morgan fingerprint density at radius 1 is 1.34 bits per heavy atom. The number of aromatic nitrogens is 2. The molecule has 2 aromatic heterocycles. The Morgan fingerprint density at radius 3 is 2.66 bits per heavy atom. The van der Waals surface area contributed by atoms with Crippen molar-refractivity contribution in [3.05, 3.63) is 48.2 Å². The first kappa shape index (κ1) is 23.9. The molecule has 0 radical (unpaired) electrons. The SMILES string of the molecule is C=C(F)C(=O)N1CC(C(=O)N2CCC(N=C/C(=C\N)c3cc(OC)c4c(C#N)cnn4c3)CC2)C1. The molecule has 0 unspecified atom stereocenters. The largest absolute Gasteiger partial charge is 0.494 e. The Kier molecular flexibility index (Phi) is 6.82. The number of rotatable bonds is 6. The lowest BCUT2D eigenvalue weighted by molar-refractivity contribution is -0.148. The van der Waals surface area contributed by atoms with Crippen LogP contribution in [0.2, 0.25) is 0 Å². The summed E-state index contributed by atoms with van der Waals surface area (Å²) in [6, 6.07) is 3.92. The maximum Gasteiger partial charge on any atom is 0.282 e. The van der Waals surface area contributed by atoms with Gasteiger partial charge in [-0.1, -0.05) is 6.58 Å². The first-order chi connectivity index (χ1) is 16.9. The van der Waals surface area contributed by atoms with Crippen molar-refractivity contribution in [1.29, 1.82) is 5.26 Å². The fourth-order valence-electron chi connectivity index (χ4n) is 4.34. The summed E-state index contributed by atoms with van der Waals surface area (Å²) >= 11 is 0. The Hall–Kier alpha value is -4.20. The van der Waals surface area contributed by atoms with Gasteiger partial charge in [0.25, 0.3) is 5.91 Å². The quantitative estimate of drug-likeness (QED) is 0.494. The molecule has 2 N–H and O–H groups in total. The average molecular weight is 480 g/mol. The number of methoxy groups -OCH3 is 1. The summed E-state index contributed by atoms with van der Waals surface area (Å²) in [7, 11) is 1.53. The second-order valence-corrected chi connectivity index (χ2v) is 8.53. The summed E-state index contributed by atoms with van der Waals surface area (Å²) in [5, 5.41) is 13.5. The van der Waals surface area contributed by atoms with Gasteiger partial charge < -0.3 is 20.3 Å². The number of nitrogens with zero attached hydrogens (tertiary/aromatic N) is 6. The molecule has 0 aromatic carbocycles. The van der Waals surface area contributed by atoms with Crippen LogP contribution in [0.15, 0.2) is 42.1 Å². The Morgan fingerprint density at radius 2 is 2.06 bits per heavy atom. The number of pyridine rings is 1. The highest BCUT2D eigenvalue weighted by Crippen LogP contribution is 2.27. The molecule has 0 atom stereocenters. The molecular weight excluding hydrogens is 453 g/mol. The van der Waals surface area contributed by atoms with Crippen LogP contribution in [-0.4, -0.2) is 76.8 Å². The summed E-state index contributed by atoms with van der Waals surface area (Å²) in [5.41, 5.74) is 8.27. The molecule has 0 bridgehead atoms. The van der Waals surface area contributed by atoms with Crippen LogP contribution in [0.1, 0.15) is 24.0 Å². The van der Waals surface area contributed by atoms with Crippen molar-refractivity contribution in [1.82, 2.24) is 19.4 Å². The van der Waals surface area contributed by atoms with Gasteiger partial charge in [-0.3, -0.25) is 14.6 Å². The molecule has 2 aromatic rings. The molecule has 4 heterocycles. The van der Waals surface area contributed by atoms with Gasteiger partial charge in [0.15, 0.2) is 5.83 Å². The van der Waals surface area contributed by atoms with Gasteiger partial charge in [0.2, 0.25) is 5.91 Å². The van der Waals surface area contributed by atoms with E-state index in [0.717, 1.165) is 5.56 Å². The maximum atomic E-state index is 12.9. The topological polar surface area (TPSA) is 129 Å². The maximum absolute atomic E-state index is 12.9. The van der Waals surface area contributed by atoms with Crippen LogP contribution in [-0.2, 0) is 9.59 Å². The van der Waals surface area contributed by atoms with E-state index in [0.29, 0.717) is 48.3 Å². The number of nitriles is 1. The number of amides is 2. The highest BCUT2D eigenvalue weighted by Gasteiger charge is 2.39. The van der Waals surface area contributed by atoms with Crippen molar-refractivity contribution in [3.63, 3.8) is 0 Å². The number of carbonyl (C=O) groups excluding carboxylic acids is 2. The second-order valence-electron chi connectivity index (χ2n) is 8.53. The van der Waals surface area contributed by atoms with Crippen LogP contribution in [0.5, 0.6) is 5.75 Å². The number of hydrogen-bond donors (Lipinski definition) is 1. The lowest BCUT2D eigenvalue weighted by Gasteiger charge is -2.41. The molecule has 11 heteroatoms. The monoisotopic (exact) mass is 479 g/mol. The Bertz CT molecular complexity index is 1260. The van der Waals surface area contributed by atoms with E-state index in [1.807, 2.05) is 0 Å². The number of fused-ring (bicyclic) bond motifs is 1. The molecule has 182 valence electrons. The van der Waals surface area contributed by atoms with Gasteiger partial charge >= 0.3 is 0 Å². The zero-order chi connectivity index (χ0) is 25.1. The van der Waals surface area contributed by atoms with Crippen molar-refractivity contribution in [2.45, 2.75) is 18.9 Å². The predicted octanol–water partition coefficient (Wildman–Crippen LogP) is 1.52. The molecule has 2 saturated heterocycles. The number of allylic oxidation sites excluding steroid dienone is 1. The van der Waals surface area contributed by atoms with Crippen LogP contribution in [0.3, 0.4) is 0 Å². The molecule has 2 fully saturated rings. The number of piperidine rings is 1. The van der Waals surface area contributed by atoms with Crippen molar-refractivity contribution in [2.75, 3.05) is 33.3 Å². The Balaban J connectivity index is 1.35. The zero-order valence-electron chi connectivity index (χ0n) is 19.4. The number of carbonyl (C=O) groups is 2. The summed E-state index contributed by atoms with van der Waals surface area (Å²) in [6.07, 6.45) is 7.79. The van der Waals surface area contributed by atoms with E-state index >= 15 is 0 Å². The lowest BCUT2D eigenvalue weighted by Crippen LogP contribution is -2.57. The fourth-order valence-corrected chi connectivity index (χ4v) is 4.34. The zero-order valence-corrected chi connectivity index (χ0v) is 19.4. The fraction of sp³-hybridized carbons (Fsp3) is 0.375. The minimum atomic E-state index is -1.00. The summed E-state index contributed by atoms with van der Waals surface area (Å²) in [4.78, 5) is 32.0. The number of halogens is 1.